The van der Waals surface area contributed by atoms with Crippen molar-refractivity contribution in [1.29, 1.82) is 0 Å². The summed E-state index contributed by atoms with van der Waals surface area (Å²) < 4.78 is 0. The van der Waals surface area contributed by atoms with E-state index < -0.39 is 8.32 Å². The van der Waals surface area contributed by atoms with Crippen LogP contribution in [0, 0.1) is 0 Å². The lowest BCUT2D eigenvalue weighted by atomic mass is 9.89. The van der Waals surface area contributed by atoms with Crippen molar-refractivity contribution in [2.75, 3.05) is 0 Å². The minimum absolute atomic E-state index is 0.104. The largest absolute Gasteiger partial charge is 0.432 e. The number of hydrogen-bond donors (Lipinski definition) is 1. The summed E-state index contributed by atoms with van der Waals surface area (Å²) in [5.41, 5.74) is 4.03. The Morgan fingerprint density at radius 3 is 2.47 bits per heavy atom. The van der Waals surface area contributed by atoms with Gasteiger partial charge < -0.3 is 4.80 Å². The van der Waals surface area contributed by atoms with E-state index in [0.717, 1.165) is 28.6 Å². The van der Waals surface area contributed by atoms with Gasteiger partial charge in [0.15, 0.2) is 14.1 Å². The molecule has 0 fully saturated rings. The molecule has 0 radical (unpaired) electrons. The molecular weight excluding hydrogens is 251 g/mol. The molecule has 1 N–H and O–H groups in total. The maximum Gasteiger partial charge on any atom is 0.188 e. The maximum atomic E-state index is 11.9. The van der Waals surface area contributed by atoms with Crippen molar-refractivity contribution < 1.29 is 9.59 Å². The fourth-order valence-corrected chi connectivity index (χ4v) is 2.96. The molecule has 2 nitrogen and oxygen atoms in total. The van der Waals surface area contributed by atoms with Crippen LogP contribution >= 0.6 is 0 Å². The summed E-state index contributed by atoms with van der Waals surface area (Å²) >= 11 is 0. The lowest BCUT2D eigenvalue weighted by molar-refractivity contribution is 0.105. The van der Waals surface area contributed by atoms with E-state index in [4.69, 9.17) is 0 Å². The lowest BCUT2D eigenvalue weighted by Gasteiger charge is -2.35. The summed E-state index contributed by atoms with van der Waals surface area (Å²) in [5.74, 6) is 0.104. The highest BCUT2D eigenvalue weighted by molar-refractivity contribution is 6.72. The van der Waals surface area contributed by atoms with Crippen molar-refractivity contribution in [3.05, 3.63) is 41.0 Å². The number of rotatable bonds is 3. The molecule has 0 spiro atoms. The monoisotopic (exact) mass is 272 g/mol. The van der Waals surface area contributed by atoms with Gasteiger partial charge in [-0.3, -0.25) is 4.79 Å². The molecule has 0 aromatic heterocycles. The molecule has 0 amide bonds. The molecule has 19 heavy (non-hydrogen) atoms. The number of benzene rings is 1. The fourth-order valence-electron chi connectivity index (χ4n) is 2.33. The van der Waals surface area contributed by atoms with Crippen LogP contribution in [-0.2, 0) is 6.42 Å². The number of carbonyl (C=O) groups excluding carboxylic acids is 1. The first-order valence-corrected chi connectivity index (χ1v) is 9.65. The third-order valence-electron chi connectivity index (χ3n) is 4.42. The highest BCUT2D eigenvalue weighted by Crippen LogP contribution is 2.39. The Bertz CT molecular complexity index is 568. The van der Waals surface area contributed by atoms with E-state index in [1.807, 2.05) is 33.1 Å². The van der Waals surface area contributed by atoms with Gasteiger partial charge in [0.05, 0.1) is 0 Å². The predicted molar refractivity (Wildman–Crippen MR) is 84.7 cm³/mol. The second kappa shape index (κ2) is 4.46. The zero-order chi connectivity index (χ0) is 14.4. The molecule has 4 heteroatoms. The van der Waals surface area contributed by atoms with E-state index in [9.17, 15) is 9.59 Å². The van der Waals surface area contributed by atoms with Gasteiger partial charge in [-0.2, -0.15) is 0 Å². The fraction of sp³-hybridized carbons (Fsp3) is 0.400. The summed E-state index contributed by atoms with van der Waals surface area (Å²) in [6.45, 7) is 8.16. The number of carbonyl (C=O) groups is 1. The molecule has 0 unspecified atom stereocenters. The standard InChI is InChI=1S/C15H21BO2Si/c1-15(2,19(3,4)18)9-10-5-6-11-12(7-10)14(17)8-13(11)16/h5-8,18H,9,16H2,1-4H3. The smallest absolute Gasteiger partial charge is 0.188 e. The van der Waals surface area contributed by atoms with Crippen LogP contribution in [0.5, 0.6) is 0 Å². The normalized spacial score (nSPS) is 15.4. The van der Waals surface area contributed by atoms with Gasteiger partial charge in [-0.1, -0.05) is 31.5 Å². The predicted octanol–water partition coefficient (Wildman–Crippen LogP) is 2.38. The first kappa shape index (κ1) is 14.3. The first-order valence-electron chi connectivity index (χ1n) is 6.70. The van der Waals surface area contributed by atoms with Crippen molar-refractivity contribution in [1.82, 2.24) is 0 Å². The lowest BCUT2D eigenvalue weighted by Crippen LogP contribution is -2.40. The highest BCUT2D eigenvalue weighted by atomic mass is 28.4. The van der Waals surface area contributed by atoms with Crippen LogP contribution in [0.4, 0.5) is 0 Å². The van der Waals surface area contributed by atoms with Crippen LogP contribution in [0.15, 0.2) is 24.3 Å². The topological polar surface area (TPSA) is 37.3 Å². The number of allylic oxidation sites excluding steroid dienone is 1. The van der Waals surface area contributed by atoms with Crippen molar-refractivity contribution in [2.24, 2.45) is 0 Å². The Balaban J connectivity index is 2.31. The molecule has 0 atom stereocenters. The zero-order valence-corrected chi connectivity index (χ0v) is 13.4. The van der Waals surface area contributed by atoms with Gasteiger partial charge >= 0.3 is 0 Å². The van der Waals surface area contributed by atoms with Crippen LogP contribution in [-0.4, -0.2) is 26.7 Å². The molecule has 1 aliphatic rings. The second-order valence-corrected chi connectivity index (χ2v) is 11.2. The molecule has 2 rings (SSSR count). The molecule has 1 aromatic rings. The van der Waals surface area contributed by atoms with Crippen molar-refractivity contribution in [3.8, 4) is 0 Å². The third kappa shape index (κ3) is 2.60. The van der Waals surface area contributed by atoms with Crippen molar-refractivity contribution in [2.45, 2.75) is 38.4 Å². The van der Waals surface area contributed by atoms with Gasteiger partial charge in [-0.25, -0.2) is 0 Å². The molecule has 0 aliphatic heterocycles. The van der Waals surface area contributed by atoms with Gasteiger partial charge in [0.2, 0.25) is 0 Å². The second-order valence-electron chi connectivity index (χ2n) is 6.69. The summed E-state index contributed by atoms with van der Waals surface area (Å²) in [6.07, 6.45) is 2.51. The van der Waals surface area contributed by atoms with E-state index in [1.54, 1.807) is 6.08 Å². The van der Waals surface area contributed by atoms with E-state index in [-0.39, 0.29) is 10.8 Å². The molecule has 0 heterocycles. The first-order chi connectivity index (χ1) is 8.62. The molecule has 0 saturated heterocycles. The van der Waals surface area contributed by atoms with Gasteiger partial charge in [0, 0.05) is 5.56 Å². The van der Waals surface area contributed by atoms with Gasteiger partial charge in [-0.15, -0.1) is 0 Å². The van der Waals surface area contributed by atoms with Crippen LogP contribution in [0.2, 0.25) is 18.1 Å². The minimum atomic E-state index is -2.22. The Labute approximate surface area is 117 Å². The molecule has 0 saturated carbocycles. The van der Waals surface area contributed by atoms with Crippen LogP contribution < -0.4 is 0 Å². The van der Waals surface area contributed by atoms with Crippen LogP contribution in [0.3, 0.4) is 0 Å². The van der Waals surface area contributed by atoms with Gasteiger partial charge in [0.25, 0.3) is 0 Å². The van der Waals surface area contributed by atoms with E-state index >= 15 is 0 Å². The summed E-state index contributed by atoms with van der Waals surface area (Å²) in [5, 5.41) is -0.106. The number of hydrogen-bond acceptors (Lipinski definition) is 2. The molecular formula is C15H21BO2Si. The zero-order valence-electron chi connectivity index (χ0n) is 12.4. The van der Waals surface area contributed by atoms with Crippen molar-refractivity contribution in [3.63, 3.8) is 0 Å². The number of ketones is 1. The van der Waals surface area contributed by atoms with E-state index in [0.29, 0.717) is 0 Å². The highest BCUT2D eigenvalue weighted by Gasteiger charge is 2.38. The van der Waals surface area contributed by atoms with Gasteiger partial charge in [0.1, 0.15) is 7.85 Å². The summed E-state index contributed by atoms with van der Waals surface area (Å²) in [6, 6.07) is 6.10. The average molecular weight is 272 g/mol. The minimum Gasteiger partial charge on any atom is -0.432 e. The van der Waals surface area contributed by atoms with Gasteiger partial charge in [-0.05, 0) is 47.8 Å². The summed E-state index contributed by atoms with van der Waals surface area (Å²) in [4.78, 5) is 22.2. The quantitative estimate of drug-likeness (QED) is 0.858. The number of fused-ring (bicyclic) bond motifs is 1. The molecule has 100 valence electrons. The Morgan fingerprint density at radius 2 is 1.89 bits per heavy atom. The SMILES string of the molecule is BC1=CC(=O)c2cc(CC(C)(C)[Si](C)(C)O)ccc21. The Hall–Kier alpha value is -1.13. The Morgan fingerprint density at radius 1 is 1.26 bits per heavy atom. The molecule has 0 bridgehead atoms. The van der Waals surface area contributed by atoms with Crippen molar-refractivity contribution >= 4 is 27.4 Å². The maximum absolute atomic E-state index is 11.9. The summed E-state index contributed by atoms with van der Waals surface area (Å²) in [7, 11) is -0.252. The Kier molecular flexibility index (Phi) is 3.35. The molecule has 1 aliphatic carbocycles. The van der Waals surface area contributed by atoms with Crippen LogP contribution in [0.1, 0.15) is 35.3 Å². The van der Waals surface area contributed by atoms with Crippen LogP contribution in [0.25, 0.3) is 5.47 Å². The third-order valence-corrected chi connectivity index (χ3v) is 7.91. The van der Waals surface area contributed by atoms with E-state index in [1.165, 1.54) is 0 Å². The average Bonchev–Trinajstić information content (AvgIpc) is 2.52. The van der Waals surface area contributed by atoms with E-state index in [2.05, 4.69) is 19.9 Å². The molecule has 1 aromatic carbocycles.